The molecule has 1 heterocycles. The van der Waals surface area contributed by atoms with Gasteiger partial charge in [0.05, 0.1) is 5.41 Å². The number of fused-ring (bicyclic) bond motifs is 6. The molecule has 0 radical (unpaired) electrons. The van der Waals surface area contributed by atoms with E-state index in [0.717, 1.165) is 55.7 Å². The highest BCUT2D eigenvalue weighted by Gasteiger charge is 2.45. The van der Waals surface area contributed by atoms with Crippen LogP contribution in [0.25, 0.3) is 66.4 Å². The highest BCUT2D eigenvalue weighted by Crippen LogP contribution is 2.56. The van der Waals surface area contributed by atoms with Crippen LogP contribution in [0.3, 0.4) is 0 Å². The smallest absolute Gasteiger partial charge is 0.143 e. The fourth-order valence-corrected chi connectivity index (χ4v) is 10.1. The van der Waals surface area contributed by atoms with Gasteiger partial charge in [-0.05, 0) is 104 Å². The van der Waals surface area contributed by atoms with E-state index in [0.29, 0.717) is 0 Å². The number of hydrogen-bond donors (Lipinski definition) is 0. The maximum Gasteiger partial charge on any atom is 0.143 e. The molecule has 63 heavy (non-hydrogen) atoms. The van der Waals surface area contributed by atoms with Crippen LogP contribution in [-0.4, -0.2) is 0 Å². The molecule has 0 fully saturated rings. The van der Waals surface area contributed by atoms with Crippen molar-refractivity contribution in [2.75, 3.05) is 4.90 Å². The third-order valence-corrected chi connectivity index (χ3v) is 13.0. The third-order valence-electron chi connectivity index (χ3n) is 13.0. The zero-order valence-electron chi connectivity index (χ0n) is 34.5. The molecule has 10 aromatic carbocycles. The summed E-state index contributed by atoms with van der Waals surface area (Å²) in [6.45, 7) is 0. The lowest BCUT2D eigenvalue weighted by molar-refractivity contribution is 0.670. The molecule has 2 nitrogen and oxygen atoms in total. The van der Waals surface area contributed by atoms with Gasteiger partial charge in [0.25, 0.3) is 0 Å². The van der Waals surface area contributed by atoms with E-state index in [-0.39, 0.29) is 0 Å². The van der Waals surface area contributed by atoms with Crippen molar-refractivity contribution < 1.29 is 4.42 Å². The largest absolute Gasteiger partial charge is 0.455 e. The summed E-state index contributed by atoms with van der Waals surface area (Å²) in [5.41, 5.74) is 19.2. The Bertz CT molecular complexity index is 3370. The van der Waals surface area contributed by atoms with Crippen LogP contribution in [-0.2, 0) is 5.41 Å². The van der Waals surface area contributed by atoms with Gasteiger partial charge in [0.15, 0.2) is 0 Å². The Morgan fingerprint density at radius 1 is 0.302 bits per heavy atom. The number of furan rings is 1. The molecule has 0 unspecified atom stereocenters. The van der Waals surface area contributed by atoms with Gasteiger partial charge in [-0.3, -0.25) is 0 Å². The average Bonchev–Trinajstić information content (AvgIpc) is 3.90. The molecule has 296 valence electrons. The first-order valence-corrected chi connectivity index (χ1v) is 21.7. The van der Waals surface area contributed by atoms with Crippen molar-refractivity contribution in [2.45, 2.75) is 5.41 Å². The molecule has 0 saturated carbocycles. The van der Waals surface area contributed by atoms with E-state index in [2.05, 4.69) is 241 Å². The molecule has 0 atom stereocenters. The maximum atomic E-state index is 6.47. The van der Waals surface area contributed by atoms with E-state index in [1.165, 1.54) is 50.1 Å². The second kappa shape index (κ2) is 15.1. The van der Waals surface area contributed by atoms with E-state index < -0.39 is 5.41 Å². The Morgan fingerprint density at radius 2 is 0.778 bits per heavy atom. The lowest BCUT2D eigenvalue weighted by Crippen LogP contribution is -2.28. The lowest BCUT2D eigenvalue weighted by atomic mass is 9.68. The zero-order valence-corrected chi connectivity index (χ0v) is 34.5. The summed E-state index contributed by atoms with van der Waals surface area (Å²) in [4.78, 5) is 2.38. The second-order valence-electron chi connectivity index (χ2n) is 16.4. The molecule has 1 aliphatic carbocycles. The van der Waals surface area contributed by atoms with Gasteiger partial charge in [0, 0.05) is 33.4 Å². The van der Waals surface area contributed by atoms with Crippen LogP contribution in [0.4, 0.5) is 17.1 Å². The van der Waals surface area contributed by atoms with Crippen LogP contribution < -0.4 is 4.90 Å². The highest BCUT2D eigenvalue weighted by atomic mass is 16.3. The fraction of sp³-hybridized carbons (Fsp3) is 0.0164. The molecule has 0 spiro atoms. The summed E-state index contributed by atoms with van der Waals surface area (Å²) in [5.74, 6) is 0. The Morgan fingerprint density at radius 3 is 1.48 bits per heavy atom. The number of anilines is 3. The number of para-hydroxylation sites is 2. The first kappa shape index (κ1) is 36.6. The van der Waals surface area contributed by atoms with Gasteiger partial charge in [-0.2, -0.15) is 0 Å². The van der Waals surface area contributed by atoms with Crippen molar-refractivity contribution >= 4 is 39.0 Å². The molecular weight excluding hydrogens is 763 g/mol. The summed E-state index contributed by atoms with van der Waals surface area (Å²) >= 11 is 0. The van der Waals surface area contributed by atoms with Gasteiger partial charge in [-0.15, -0.1) is 0 Å². The topological polar surface area (TPSA) is 16.4 Å². The predicted molar refractivity (Wildman–Crippen MR) is 262 cm³/mol. The van der Waals surface area contributed by atoms with E-state index in [9.17, 15) is 0 Å². The van der Waals surface area contributed by atoms with Gasteiger partial charge < -0.3 is 9.32 Å². The normalized spacial score (nSPS) is 12.6. The van der Waals surface area contributed by atoms with E-state index in [1.54, 1.807) is 0 Å². The first-order valence-electron chi connectivity index (χ1n) is 21.7. The molecule has 1 aromatic heterocycles. The van der Waals surface area contributed by atoms with Crippen LogP contribution in [0.5, 0.6) is 0 Å². The number of rotatable bonds is 8. The Balaban J connectivity index is 0.989. The highest BCUT2D eigenvalue weighted by molar-refractivity contribution is 6.09. The Kier molecular flexibility index (Phi) is 8.76. The lowest BCUT2D eigenvalue weighted by Gasteiger charge is -2.34. The van der Waals surface area contributed by atoms with Crippen LogP contribution in [0.1, 0.15) is 22.3 Å². The summed E-state index contributed by atoms with van der Waals surface area (Å²) < 4.78 is 6.47. The van der Waals surface area contributed by atoms with Crippen molar-refractivity contribution in [1.29, 1.82) is 0 Å². The summed E-state index contributed by atoms with van der Waals surface area (Å²) in [6.07, 6.45) is 0. The molecule has 0 N–H and O–H groups in total. The quantitative estimate of drug-likeness (QED) is 0.152. The molecular formula is C61H41NO. The third kappa shape index (κ3) is 6.02. The van der Waals surface area contributed by atoms with Crippen LogP contribution in [0.2, 0.25) is 0 Å². The predicted octanol–water partition coefficient (Wildman–Crippen LogP) is 16.4. The molecule has 2 heteroatoms. The van der Waals surface area contributed by atoms with Gasteiger partial charge in [-0.25, -0.2) is 0 Å². The van der Waals surface area contributed by atoms with E-state index in [1.807, 2.05) is 12.1 Å². The minimum absolute atomic E-state index is 0.469. The second-order valence-corrected chi connectivity index (χ2v) is 16.4. The summed E-state index contributed by atoms with van der Waals surface area (Å²) in [7, 11) is 0. The minimum atomic E-state index is -0.469. The molecule has 11 aromatic rings. The van der Waals surface area contributed by atoms with E-state index >= 15 is 0 Å². The van der Waals surface area contributed by atoms with Crippen LogP contribution in [0.15, 0.2) is 253 Å². The van der Waals surface area contributed by atoms with Crippen molar-refractivity contribution in [1.82, 2.24) is 0 Å². The van der Waals surface area contributed by atoms with Crippen molar-refractivity contribution in [2.24, 2.45) is 0 Å². The number of hydrogen-bond acceptors (Lipinski definition) is 2. The van der Waals surface area contributed by atoms with Crippen molar-refractivity contribution in [3.05, 3.63) is 271 Å². The standard InChI is InChI=1S/C61H41NO/c1-3-15-42(16-4-1)43-29-31-44(32-30-43)46-17-13-20-51(41-46)62(49-37-33-45(34-38-49)52-24-14-25-56-55-23-9-12-28-59(55)63-60(52)56)50-39-35-48(36-40-50)61(47-18-5-2-6-19-47)57-26-10-7-21-53(57)54-22-8-11-27-58(54)61/h1-41H. The molecule has 0 bridgehead atoms. The van der Waals surface area contributed by atoms with Gasteiger partial charge in [0.2, 0.25) is 0 Å². The Hall–Kier alpha value is -8.20. The molecule has 0 amide bonds. The van der Waals surface area contributed by atoms with Gasteiger partial charge in [-0.1, -0.05) is 206 Å². The van der Waals surface area contributed by atoms with Crippen LogP contribution >= 0.6 is 0 Å². The Labute approximate surface area is 367 Å². The van der Waals surface area contributed by atoms with Gasteiger partial charge >= 0.3 is 0 Å². The molecule has 1 aliphatic rings. The maximum absolute atomic E-state index is 6.47. The van der Waals surface area contributed by atoms with Gasteiger partial charge in [0.1, 0.15) is 11.2 Å². The van der Waals surface area contributed by atoms with Crippen molar-refractivity contribution in [3.63, 3.8) is 0 Å². The zero-order chi connectivity index (χ0) is 41.7. The molecule has 0 saturated heterocycles. The number of nitrogens with zero attached hydrogens (tertiary/aromatic N) is 1. The summed E-state index contributed by atoms with van der Waals surface area (Å²) in [5, 5.41) is 2.26. The minimum Gasteiger partial charge on any atom is -0.455 e. The van der Waals surface area contributed by atoms with E-state index in [4.69, 9.17) is 4.42 Å². The monoisotopic (exact) mass is 803 g/mol. The number of benzene rings is 10. The van der Waals surface area contributed by atoms with Crippen molar-refractivity contribution in [3.8, 4) is 44.5 Å². The van der Waals surface area contributed by atoms with Crippen LogP contribution in [0, 0.1) is 0 Å². The first-order chi connectivity index (χ1) is 31.2. The average molecular weight is 804 g/mol. The fourth-order valence-electron chi connectivity index (χ4n) is 10.1. The SMILES string of the molecule is c1ccc(-c2ccc(-c3cccc(N(c4ccc(-c5cccc6c5oc5ccccc56)cc4)c4ccc(C5(c6ccccc6)c6ccccc6-c6ccccc65)cc4)c3)cc2)cc1. The molecule has 0 aliphatic heterocycles. The summed E-state index contributed by atoms with van der Waals surface area (Å²) in [6, 6.07) is 90.1. The molecule has 12 rings (SSSR count).